The minimum absolute atomic E-state index is 0.0834. The van der Waals surface area contributed by atoms with E-state index in [-0.39, 0.29) is 28.8 Å². The Labute approximate surface area is 759 Å². The number of aliphatic hydroxyl groups is 1. The number of hydrogen-bond donors (Lipinski definition) is 1. The average Bonchev–Trinajstić information content (AvgIpc) is 1.75. The smallest absolute Gasteiger partial charge is 0.258 e. The molecule has 0 saturated carbocycles. The van der Waals surface area contributed by atoms with Crippen LogP contribution in [0.1, 0.15) is 141 Å². The van der Waals surface area contributed by atoms with Crippen molar-refractivity contribution in [2.75, 3.05) is 135 Å². The van der Waals surface area contributed by atoms with Crippen LogP contribution in [0.5, 0.6) is 0 Å². The maximum atomic E-state index is 13.1. The summed E-state index contributed by atoms with van der Waals surface area (Å²) in [4.78, 5) is 106. The minimum Gasteiger partial charge on any atom is -0.395 e. The van der Waals surface area contributed by atoms with Crippen molar-refractivity contribution in [3.63, 3.8) is 0 Å². The van der Waals surface area contributed by atoms with Crippen LogP contribution in [0.2, 0.25) is 0 Å². The van der Waals surface area contributed by atoms with Crippen LogP contribution in [0, 0.1) is 53.4 Å². The van der Waals surface area contributed by atoms with Crippen molar-refractivity contribution in [2.24, 2.45) is 18.9 Å². The molecular weight excluding hydrogens is 1650 g/mol. The molecule has 32 heteroatoms. The summed E-state index contributed by atoms with van der Waals surface area (Å²) in [5.74, 6) is 2.37. The Morgan fingerprint density at radius 2 is 0.809 bits per heavy atom. The Morgan fingerprint density at radius 3 is 1.28 bits per heavy atom. The summed E-state index contributed by atoms with van der Waals surface area (Å²) >= 11 is 0. The summed E-state index contributed by atoms with van der Waals surface area (Å²) in [5, 5.41) is 28.4. The third-order valence-electron chi connectivity index (χ3n) is 27.1. The maximum Gasteiger partial charge on any atom is 0.258 e. The number of nitrogens with zero attached hydrogens (tertiary/aromatic N) is 27. The topological polar surface area (TPSA) is 302 Å². The van der Waals surface area contributed by atoms with Gasteiger partial charge in [0, 0.05) is 125 Å². The second kappa shape index (κ2) is 38.0. The highest BCUT2D eigenvalue weighted by atomic mass is 16.3. The molecule has 0 unspecified atom stereocenters. The number of benzene rings is 1. The normalized spacial score (nSPS) is 17.0. The Hall–Kier alpha value is -12.7. The molecular formula is C99H117N27O5. The molecule has 1 N–H and O–H groups in total. The fourth-order valence-electron chi connectivity index (χ4n) is 20.2. The number of rotatable bonds is 16. The molecule has 0 amide bonds. The molecule has 0 atom stereocenters. The predicted molar refractivity (Wildman–Crippen MR) is 511 cm³/mol. The molecule has 131 heavy (non-hydrogen) atoms. The van der Waals surface area contributed by atoms with Crippen molar-refractivity contribution in [3.05, 3.63) is 240 Å². The van der Waals surface area contributed by atoms with Gasteiger partial charge in [0.15, 0.2) is 5.65 Å². The third-order valence-corrected chi connectivity index (χ3v) is 27.1. The lowest BCUT2D eigenvalue weighted by molar-refractivity contribution is 0.141. The Morgan fingerprint density at radius 1 is 0.382 bits per heavy atom. The van der Waals surface area contributed by atoms with Gasteiger partial charge in [-0.2, -0.15) is 20.4 Å². The van der Waals surface area contributed by atoms with Gasteiger partial charge in [0.05, 0.1) is 134 Å². The molecule has 16 aromatic rings. The fraction of sp³-hybridized carbons (Fsp3) is 0.434. The number of aliphatic hydroxyl groups excluding tert-OH is 1. The monoisotopic (exact) mass is 1760 g/mol. The Kier molecular flexibility index (Phi) is 25.4. The number of aromatic nitrogens is 20. The quantitative estimate of drug-likeness (QED) is 0.0939. The lowest BCUT2D eigenvalue weighted by atomic mass is 9.90. The van der Waals surface area contributed by atoms with Crippen LogP contribution < -0.4 is 32.0 Å². The molecule has 15 aromatic heterocycles. The highest BCUT2D eigenvalue weighted by Crippen LogP contribution is 2.34. The van der Waals surface area contributed by atoms with Crippen molar-refractivity contribution in [3.8, 4) is 45.4 Å². The summed E-state index contributed by atoms with van der Waals surface area (Å²) in [6.45, 7) is 29.4. The molecule has 0 radical (unpaired) electrons. The number of pyridine rings is 3. The van der Waals surface area contributed by atoms with E-state index in [1.807, 2.05) is 166 Å². The summed E-state index contributed by atoms with van der Waals surface area (Å²) in [6.07, 6.45) is 32.8. The number of aryl methyl sites for hydroxylation is 7. The van der Waals surface area contributed by atoms with Crippen LogP contribution in [0.3, 0.4) is 0 Å². The number of likely N-dealkylation sites (tertiary alicyclic amines) is 4. The van der Waals surface area contributed by atoms with Gasteiger partial charge in [0.1, 0.15) is 34.0 Å². The zero-order valence-corrected chi connectivity index (χ0v) is 76.6. The Balaban J connectivity index is 0.000000113. The molecule has 678 valence electrons. The van der Waals surface area contributed by atoms with Crippen LogP contribution in [-0.4, -0.2) is 251 Å². The predicted octanol–water partition coefficient (Wildman–Crippen LogP) is 11.6. The van der Waals surface area contributed by atoms with E-state index >= 15 is 0 Å². The van der Waals surface area contributed by atoms with Crippen molar-refractivity contribution in [1.82, 2.24) is 121 Å². The zero-order chi connectivity index (χ0) is 90.2. The lowest BCUT2D eigenvalue weighted by Gasteiger charge is -2.37. The molecule has 6 aliphatic heterocycles. The summed E-state index contributed by atoms with van der Waals surface area (Å²) in [7, 11) is 6.10. The number of β-amino-alcohol motifs (C(OH)–C–C–N with tert-alkyl or cyclic N) is 1. The van der Waals surface area contributed by atoms with Crippen LogP contribution in [-0.2, 0) is 7.05 Å². The highest BCUT2D eigenvalue weighted by molar-refractivity contribution is 5.84. The molecule has 22 rings (SSSR count). The first-order valence-electron chi connectivity index (χ1n) is 46.6. The van der Waals surface area contributed by atoms with Gasteiger partial charge in [0.2, 0.25) is 0 Å². The molecule has 1 aromatic carbocycles. The van der Waals surface area contributed by atoms with Crippen molar-refractivity contribution < 1.29 is 5.11 Å². The maximum absolute atomic E-state index is 13.1. The molecule has 0 bridgehead atoms. The van der Waals surface area contributed by atoms with Gasteiger partial charge in [-0.15, -0.1) is 0 Å². The van der Waals surface area contributed by atoms with Crippen LogP contribution in [0.25, 0.3) is 95.5 Å². The number of fused-ring (bicyclic) bond motifs is 8. The van der Waals surface area contributed by atoms with Gasteiger partial charge < -0.3 is 29.6 Å². The first-order chi connectivity index (χ1) is 63.5. The fourth-order valence-corrected chi connectivity index (χ4v) is 20.2. The zero-order valence-electron chi connectivity index (χ0n) is 76.6. The molecule has 6 saturated heterocycles. The first kappa shape index (κ1) is 87.6. The Bertz CT molecular complexity index is 7140. The van der Waals surface area contributed by atoms with E-state index in [1.54, 1.807) is 52.7 Å². The van der Waals surface area contributed by atoms with Crippen molar-refractivity contribution >= 4 is 61.4 Å². The van der Waals surface area contributed by atoms with Gasteiger partial charge in [-0.3, -0.25) is 71.2 Å². The van der Waals surface area contributed by atoms with Gasteiger partial charge in [-0.25, -0.2) is 33.5 Å². The van der Waals surface area contributed by atoms with Crippen LogP contribution in [0.4, 0.5) is 11.4 Å². The van der Waals surface area contributed by atoms with Gasteiger partial charge in [-0.1, -0.05) is 18.6 Å². The molecule has 32 nitrogen and oxygen atoms in total. The second-order valence-corrected chi connectivity index (χ2v) is 37.1. The summed E-state index contributed by atoms with van der Waals surface area (Å²) in [6, 6.07) is 30.2. The molecule has 0 aliphatic carbocycles. The van der Waals surface area contributed by atoms with E-state index in [2.05, 4.69) is 112 Å². The van der Waals surface area contributed by atoms with E-state index < -0.39 is 0 Å². The minimum atomic E-state index is -0.109. The summed E-state index contributed by atoms with van der Waals surface area (Å²) in [5.41, 5.74) is 20.8. The number of anilines is 2. The third kappa shape index (κ3) is 19.6. The van der Waals surface area contributed by atoms with E-state index in [0.717, 1.165) is 187 Å². The van der Waals surface area contributed by atoms with Crippen LogP contribution in [0.15, 0.2) is 172 Å². The van der Waals surface area contributed by atoms with Crippen molar-refractivity contribution in [2.45, 2.75) is 137 Å². The van der Waals surface area contributed by atoms with Gasteiger partial charge in [-0.05, 0) is 269 Å². The van der Waals surface area contributed by atoms with Gasteiger partial charge in [0.25, 0.3) is 22.2 Å². The van der Waals surface area contributed by atoms with Gasteiger partial charge >= 0.3 is 0 Å². The molecule has 6 aliphatic rings. The average molecular weight is 1770 g/mol. The second-order valence-electron chi connectivity index (χ2n) is 37.1. The van der Waals surface area contributed by atoms with E-state index in [9.17, 15) is 19.2 Å². The highest BCUT2D eigenvalue weighted by Gasteiger charge is 2.29. The number of hydrogen-bond acceptors (Lipinski definition) is 24. The number of piperidine rings is 5. The molecule has 6 fully saturated rings. The molecule has 0 spiro atoms. The van der Waals surface area contributed by atoms with E-state index in [0.29, 0.717) is 74.3 Å². The SMILES string of the molecule is Cc1cn2nc(-c3cc(=O)n4cc(C5CCN(CN(C)C)CC5)ccc4n3)cc2c(C)n1.Cc1cn2nc(-c3cc(=O)n4cc(N5CCC(CN6CCCC6)CC5)ccc4n3)cc2c(C)n1.Cc1cn2nc(-c3cc(=O)n4cc(N5CCC(CN6CCCCC6)CC5)ccc4n3)cc2c(C)n1.Cn1cc2cc(-c3cc(=O)n4cc(C5CCN(CCO)CC5)ncc4n3)ccc2n1. The van der Waals surface area contributed by atoms with E-state index in [4.69, 9.17) is 20.1 Å². The van der Waals surface area contributed by atoms with Crippen molar-refractivity contribution in [1.29, 1.82) is 0 Å². The molecule has 21 heterocycles. The largest absolute Gasteiger partial charge is 0.395 e. The summed E-state index contributed by atoms with van der Waals surface area (Å²) < 4.78 is 13.8. The first-order valence-corrected chi connectivity index (χ1v) is 46.6. The standard InChI is InChI=1S/C27H33N7O.C26H31N7O.C24H29N7O.C22H24N6O2/c1-19-16-34-25(20(2)28-19)14-24(30-34)23-15-27(35)33-18-22(6-7-26(33)29-23)32-12-8-21(9-13-32)17-31-10-4-3-5-11-31;1-18-15-33-24(19(2)27-18)13-23(29-33)22-14-26(34)32-17-21(5-6-25(32)28-22)31-11-7-20(8-12-31)16-30-9-3-4-10-30;1-16-13-31-22(17(2)25-16)11-21(27-31)20-12-24(32)30-14-19(5-6-23(30)26-20)18-7-9-29(10-8-18)15-28(3)4;1-26-13-17-10-16(2-3-18(17)25-26)19-11-22(30)28-14-20(23-12-21(28)24-19)15-4-6-27(7-5-15)8-9-29/h6-7,14-16,18,21H,3-5,8-13,17H2,1-2H3;5-6,13-15,17,20H,3-4,7-12,16H2,1-2H3;5-6,11-14,18H,7-10,15H2,1-4H3;2-3,10-15,29H,4-9H2,1H3. The van der Waals surface area contributed by atoms with E-state index in [1.165, 1.54) is 103 Å². The van der Waals surface area contributed by atoms with Crippen LogP contribution >= 0.6 is 0 Å². The lowest BCUT2D eigenvalue weighted by Crippen LogP contribution is -2.40.